The molecule has 0 unspecified atom stereocenters. The highest BCUT2D eigenvalue weighted by Crippen LogP contribution is 2.43. The number of aromatic nitrogens is 2. The first-order chi connectivity index (χ1) is 24.4. The minimum atomic E-state index is -5.06. The third-order valence-electron chi connectivity index (χ3n) is 8.92. The molecule has 0 radical (unpaired) electrons. The van der Waals surface area contributed by atoms with Crippen molar-refractivity contribution in [2.45, 2.75) is 32.6 Å². The monoisotopic (exact) mass is 749 g/mol. The number of ether oxygens (including phenoxy) is 2. The lowest BCUT2D eigenvalue weighted by Gasteiger charge is -2.28. The number of hydrogen-bond donors (Lipinski definition) is 0. The van der Waals surface area contributed by atoms with Crippen LogP contribution in [-0.2, 0) is 16.1 Å². The summed E-state index contributed by atoms with van der Waals surface area (Å²) >= 11 is 13.5. The van der Waals surface area contributed by atoms with E-state index < -0.39 is 35.0 Å². The Morgan fingerprint density at radius 3 is 2.45 bits per heavy atom. The van der Waals surface area contributed by atoms with Crippen molar-refractivity contribution in [1.82, 2.24) is 9.13 Å². The molecule has 0 saturated carbocycles. The van der Waals surface area contributed by atoms with Crippen LogP contribution in [0.1, 0.15) is 35.3 Å². The van der Waals surface area contributed by atoms with E-state index in [1.807, 2.05) is 37.3 Å². The minimum Gasteiger partial charge on any atom is -0.496 e. The summed E-state index contributed by atoms with van der Waals surface area (Å²) in [6.45, 7) is 3.60. The van der Waals surface area contributed by atoms with E-state index in [0.717, 1.165) is 38.1 Å². The van der Waals surface area contributed by atoms with Gasteiger partial charge < -0.3 is 14.0 Å². The number of esters is 1. The first-order valence-corrected chi connectivity index (χ1v) is 17.4. The van der Waals surface area contributed by atoms with Crippen molar-refractivity contribution in [1.29, 1.82) is 0 Å². The van der Waals surface area contributed by atoms with Crippen LogP contribution in [-0.4, -0.2) is 35.0 Å². The van der Waals surface area contributed by atoms with Crippen molar-refractivity contribution in [3.8, 4) is 5.75 Å². The number of alkyl halides is 3. The minimum absolute atomic E-state index is 0.125. The number of halogens is 5. The Bertz CT molecular complexity index is 2610. The summed E-state index contributed by atoms with van der Waals surface area (Å²) < 4.78 is 58.8. The first-order valence-electron chi connectivity index (χ1n) is 15.8. The van der Waals surface area contributed by atoms with E-state index >= 15 is 0 Å². The zero-order valence-electron chi connectivity index (χ0n) is 27.3. The average Bonchev–Trinajstić information content (AvgIpc) is 3.56. The Morgan fingerprint density at radius 2 is 1.75 bits per heavy atom. The van der Waals surface area contributed by atoms with Gasteiger partial charge in [0.1, 0.15) is 11.8 Å². The maximum absolute atomic E-state index is 14.9. The fourth-order valence-electron chi connectivity index (χ4n) is 6.64. The predicted molar refractivity (Wildman–Crippen MR) is 194 cm³/mol. The van der Waals surface area contributed by atoms with E-state index in [2.05, 4.69) is 9.56 Å². The molecule has 0 amide bonds. The molecule has 6 aromatic rings. The maximum Gasteiger partial charge on any atom is 0.434 e. The predicted octanol–water partition coefficient (Wildman–Crippen LogP) is 8.12. The van der Waals surface area contributed by atoms with Crippen LogP contribution < -0.4 is 19.6 Å². The normalized spacial score (nSPS) is 15.0. The van der Waals surface area contributed by atoms with Crippen molar-refractivity contribution in [2.75, 3.05) is 13.7 Å². The summed E-state index contributed by atoms with van der Waals surface area (Å²) in [6, 6.07) is 21.7. The van der Waals surface area contributed by atoms with Gasteiger partial charge in [-0.1, -0.05) is 89.1 Å². The van der Waals surface area contributed by atoms with Crippen molar-refractivity contribution in [3.63, 3.8) is 0 Å². The average molecular weight is 751 g/mol. The summed E-state index contributed by atoms with van der Waals surface area (Å²) in [5.41, 5.74) is 0.527. The van der Waals surface area contributed by atoms with E-state index in [9.17, 15) is 22.8 Å². The number of nitrogens with zero attached hydrogens (tertiary/aromatic N) is 3. The number of rotatable bonds is 7. The molecule has 0 N–H and O–H groups in total. The van der Waals surface area contributed by atoms with Gasteiger partial charge in [-0.25, -0.2) is 9.79 Å². The number of carbonyl (C=O) groups excluding carboxylic acids is 1. The number of carbonyl (C=O) groups is 1. The van der Waals surface area contributed by atoms with Crippen LogP contribution in [0, 0.1) is 6.92 Å². The molecule has 0 fully saturated rings. The number of hydrogen-bond acceptors (Lipinski definition) is 6. The second-order valence-corrected chi connectivity index (χ2v) is 13.7. The molecule has 13 heteroatoms. The van der Waals surface area contributed by atoms with Gasteiger partial charge in [-0.15, -0.1) is 0 Å². The third-order valence-corrected chi connectivity index (χ3v) is 10.5. The number of allylic oxidation sites excluding steroid dienone is 1. The smallest absolute Gasteiger partial charge is 0.434 e. The quantitative estimate of drug-likeness (QED) is 0.155. The third kappa shape index (κ3) is 6.03. The second-order valence-electron chi connectivity index (χ2n) is 11.8. The van der Waals surface area contributed by atoms with Crippen LogP contribution in [0.2, 0.25) is 10.0 Å². The molecule has 1 aliphatic heterocycles. The van der Waals surface area contributed by atoms with Crippen LogP contribution in [0.5, 0.6) is 5.75 Å². The van der Waals surface area contributed by atoms with Crippen LogP contribution in [0.15, 0.2) is 99.9 Å². The van der Waals surface area contributed by atoms with Gasteiger partial charge in [-0.2, -0.15) is 13.2 Å². The molecule has 0 spiro atoms. The van der Waals surface area contributed by atoms with E-state index in [4.69, 9.17) is 32.7 Å². The number of benzene rings is 4. The molecule has 0 bridgehead atoms. The summed E-state index contributed by atoms with van der Waals surface area (Å²) in [5.74, 6) is -1.04. The molecule has 7 rings (SSSR count). The molecule has 4 aromatic carbocycles. The molecule has 7 nitrogen and oxygen atoms in total. The van der Waals surface area contributed by atoms with Crippen LogP contribution in [0.3, 0.4) is 0 Å². The van der Waals surface area contributed by atoms with Gasteiger partial charge in [0.2, 0.25) is 0 Å². The number of thiazole rings is 1. The molecular weight excluding hydrogens is 722 g/mol. The molecule has 0 saturated heterocycles. The van der Waals surface area contributed by atoms with Gasteiger partial charge in [0.25, 0.3) is 5.56 Å². The van der Waals surface area contributed by atoms with Crippen molar-refractivity contribution in [3.05, 3.63) is 142 Å². The van der Waals surface area contributed by atoms with Crippen molar-refractivity contribution >= 4 is 68.3 Å². The fraction of sp³-hybridized carbons (Fsp3) is 0.184. The van der Waals surface area contributed by atoms with Gasteiger partial charge in [-0.3, -0.25) is 9.36 Å². The Hall–Kier alpha value is -4.84. The van der Waals surface area contributed by atoms with Gasteiger partial charge in [0.05, 0.1) is 23.8 Å². The lowest BCUT2D eigenvalue weighted by atomic mass is 9.90. The Labute approximate surface area is 303 Å². The molecule has 2 aromatic heterocycles. The Balaban J connectivity index is 1.52. The number of para-hydroxylation sites is 1. The molecule has 0 aliphatic carbocycles. The largest absolute Gasteiger partial charge is 0.496 e. The fourth-order valence-corrected chi connectivity index (χ4v) is 8.10. The van der Waals surface area contributed by atoms with Gasteiger partial charge in [-0.05, 0) is 60.5 Å². The van der Waals surface area contributed by atoms with E-state index in [0.29, 0.717) is 32.9 Å². The topological polar surface area (TPSA) is 74.8 Å². The zero-order chi connectivity index (χ0) is 36.2. The summed E-state index contributed by atoms with van der Waals surface area (Å²) in [7, 11) is 1.38. The van der Waals surface area contributed by atoms with Gasteiger partial charge in [0, 0.05) is 44.3 Å². The Kier molecular flexibility index (Phi) is 9.07. The summed E-state index contributed by atoms with van der Waals surface area (Å²) in [4.78, 5) is 31.9. The highest BCUT2D eigenvalue weighted by atomic mass is 35.5. The van der Waals surface area contributed by atoms with E-state index in [1.54, 1.807) is 54.6 Å². The molecule has 3 heterocycles. The maximum atomic E-state index is 14.9. The van der Waals surface area contributed by atoms with Crippen molar-refractivity contribution < 1.29 is 27.4 Å². The first kappa shape index (κ1) is 34.6. The number of fused-ring (bicyclic) bond motifs is 3. The van der Waals surface area contributed by atoms with E-state index in [-0.39, 0.29) is 27.3 Å². The van der Waals surface area contributed by atoms with Crippen LogP contribution in [0.4, 0.5) is 13.2 Å². The number of methoxy groups -OCH3 is 1. The zero-order valence-corrected chi connectivity index (χ0v) is 29.7. The summed E-state index contributed by atoms with van der Waals surface area (Å²) in [5, 5.41) is 3.00. The molecular formula is C38H28Cl2F3N3O4S. The highest BCUT2D eigenvalue weighted by molar-refractivity contribution is 7.07. The van der Waals surface area contributed by atoms with Crippen LogP contribution in [0.25, 0.3) is 27.8 Å². The lowest BCUT2D eigenvalue weighted by molar-refractivity contribution is -0.140. The molecule has 1 atom stereocenters. The lowest BCUT2D eigenvalue weighted by Crippen LogP contribution is -2.41. The van der Waals surface area contributed by atoms with Gasteiger partial charge in [0.15, 0.2) is 10.5 Å². The Morgan fingerprint density at radius 1 is 1.02 bits per heavy atom. The molecule has 260 valence electrons. The highest BCUT2D eigenvalue weighted by Gasteiger charge is 2.46. The SMILES string of the molecule is CCOC(=O)C1=C(C(F)(F)F)N=c2s/c(=C\c3c(C)n(Cc4ccc(Cl)cc4Cl)c4ccccc34)c(=O)n2[C@@H]1c1c(OC)ccc2ccccc12. The molecule has 51 heavy (non-hydrogen) atoms. The van der Waals surface area contributed by atoms with Crippen molar-refractivity contribution in [2.24, 2.45) is 4.99 Å². The van der Waals surface area contributed by atoms with E-state index in [1.165, 1.54) is 14.0 Å². The standard InChI is InChI=1S/C38H28Cl2F3N3O4S/c1-4-50-36(48)32-33(31-24-10-6-5-9-21(24)14-16-29(31)49-3)46-35(47)30(51-37(46)44-34(32)38(41,42)43)18-26-20(2)45(28-12-8-7-11-25(26)28)19-22-13-15-23(39)17-27(22)40/h5-18,33H,4,19H2,1-3H3/b30-18-/t33-/m1/s1. The summed E-state index contributed by atoms with van der Waals surface area (Å²) in [6.07, 6.45) is -3.39. The second kappa shape index (κ2) is 13.4. The molecule has 1 aliphatic rings. The van der Waals surface area contributed by atoms with Crippen LogP contribution >= 0.6 is 34.5 Å². The van der Waals surface area contributed by atoms with Gasteiger partial charge >= 0.3 is 12.1 Å².